The van der Waals surface area contributed by atoms with E-state index in [2.05, 4.69) is 9.88 Å². The van der Waals surface area contributed by atoms with E-state index in [1.165, 1.54) is 0 Å². The monoisotopic (exact) mass is 277 g/mol. The summed E-state index contributed by atoms with van der Waals surface area (Å²) < 4.78 is 5.24. The minimum Gasteiger partial charge on any atom is -0.449 e. The molecule has 1 aliphatic carbocycles. The molecule has 5 heteroatoms. The molecule has 1 aromatic rings. The van der Waals surface area contributed by atoms with E-state index >= 15 is 0 Å². The van der Waals surface area contributed by atoms with Gasteiger partial charge in [0, 0.05) is 45.6 Å². The Bertz CT molecular complexity index is 473. The van der Waals surface area contributed by atoms with E-state index in [0.29, 0.717) is 17.9 Å². The minimum atomic E-state index is 0.330. The van der Waals surface area contributed by atoms with Gasteiger partial charge in [-0.25, -0.2) is 4.98 Å². The highest BCUT2D eigenvalue weighted by Crippen LogP contribution is 2.32. The van der Waals surface area contributed by atoms with Crippen LogP contribution in [0.5, 0.6) is 0 Å². The summed E-state index contributed by atoms with van der Waals surface area (Å²) in [4.78, 5) is 20.8. The number of hydrogen-bond donors (Lipinski definition) is 0. The Balaban J connectivity index is 1.47. The largest absolute Gasteiger partial charge is 0.449 e. The van der Waals surface area contributed by atoms with Crippen LogP contribution in [0.2, 0.25) is 0 Å². The van der Waals surface area contributed by atoms with Crippen molar-refractivity contribution in [3.8, 4) is 0 Å². The van der Waals surface area contributed by atoms with Gasteiger partial charge < -0.3 is 9.32 Å². The Hall–Kier alpha value is -1.36. The number of oxazole rings is 1. The minimum absolute atomic E-state index is 0.330. The predicted octanol–water partition coefficient (Wildman–Crippen LogP) is 1.82. The summed E-state index contributed by atoms with van der Waals surface area (Å²) >= 11 is 0. The summed E-state index contributed by atoms with van der Waals surface area (Å²) in [5.41, 5.74) is 1.00. The maximum absolute atomic E-state index is 12.1. The number of carbonyl (C=O) groups is 1. The van der Waals surface area contributed by atoms with Crippen molar-refractivity contribution in [1.29, 1.82) is 0 Å². The molecular formula is C15H23N3O2. The summed E-state index contributed by atoms with van der Waals surface area (Å²) in [6.07, 6.45) is 6.04. The fourth-order valence-corrected chi connectivity index (χ4v) is 2.97. The van der Waals surface area contributed by atoms with Gasteiger partial charge in [0.2, 0.25) is 5.91 Å². The van der Waals surface area contributed by atoms with Crippen LogP contribution in [-0.4, -0.2) is 46.9 Å². The van der Waals surface area contributed by atoms with Crippen LogP contribution in [0.25, 0.3) is 0 Å². The molecule has 0 N–H and O–H groups in total. The van der Waals surface area contributed by atoms with Crippen molar-refractivity contribution in [2.45, 2.75) is 45.2 Å². The summed E-state index contributed by atoms with van der Waals surface area (Å²) in [6, 6.07) is 0.415. The Morgan fingerprint density at radius 3 is 2.65 bits per heavy atom. The molecule has 2 heterocycles. The van der Waals surface area contributed by atoms with Crippen LogP contribution in [0.15, 0.2) is 10.7 Å². The zero-order valence-corrected chi connectivity index (χ0v) is 12.3. The lowest BCUT2D eigenvalue weighted by Crippen LogP contribution is -2.45. The highest BCUT2D eigenvalue weighted by molar-refractivity contribution is 5.81. The quantitative estimate of drug-likeness (QED) is 0.842. The van der Waals surface area contributed by atoms with Gasteiger partial charge in [0.15, 0.2) is 5.89 Å². The summed E-state index contributed by atoms with van der Waals surface area (Å²) in [5, 5.41) is 0. The van der Waals surface area contributed by atoms with Crippen LogP contribution in [-0.2, 0) is 11.3 Å². The van der Waals surface area contributed by atoms with E-state index in [9.17, 15) is 4.79 Å². The zero-order chi connectivity index (χ0) is 14.1. The van der Waals surface area contributed by atoms with E-state index in [-0.39, 0.29) is 0 Å². The predicted molar refractivity (Wildman–Crippen MR) is 75.0 cm³/mol. The number of rotatable bonds is 4. The van der Waals surface area contributed by atoms with Crippen molar-refractivity contribution in [1.82, 2.24) is 14.8 Å². The Morgan fingerprint density at radius 1 is 1.40 bits per heavy atom. The standard InChI is InChI=1S/C15H23N3O2/c1-11-16-13(10-20-11)9-18-7-5-14(6-8-18)17(2)15(19)12-3-4-12/h10,12,14H,3-9H2,1-2H3. The molecule has 5 nitrogen and oxygen atoms in total. The third-order valence-electron chi connectivity index (χ3n) is 4.43. The van der Waals surface area contributed by atoms with Gasteiger partial charge in [-0.05, 0) is 25.7 Å². The molecule has 110 valence electrons. The zero-order valence-electron chi connectivity index (χ0n) is 12.3. The first-order chi connectivity index (χ1) is 9.63. The molecule has 1 aromatic heterocycles. The van der Waals surface area contributed by atoms with Crippen LogP contribution in [0.1, 0.15) is 37.3 Å². The van der Waals surface area contributed by atoms with E-state index in [0.717, 1.165) is 56.9 Å². The van der Waals surface area contributed by atoms with E-state index in [4.69, 9.17) is 4.42 Å². The third kappa shape index (κ3) is 3.03. The highest BCUT2D eigenvalue weighted by Gasteiger charge is 2.35. The van der Waals surface area contributed by atoms with Gasteiger partial charge in [-0.1, -0.05) is 0 Å². The van der Waals surface area contributed by atoms with Crippen molar-refractivity contribution in [2.24, 2.45) is 5.92 Å². The van der Waals surface area contributed by atoms with E-state index < -0.39 is 0 Å². The molecule has 1 aliphatic heterocycles. The van der Waals surface area contributed by atoms with Crippen LogP contribution in [0.3, 0.4) is 0 Å². The lowest BCUT2D eigenvalue weighted by Gasteiger charge is -2.36. The first kappa shape index (κ1) is 13.6. The number of aryl methyl sites for hydroxylation is 1. The molecule has 0 atom stereocenters. The second kappa shape index (κ2) is 5.56. The SMILES string of the molecule is Cc1nc(CN2CCC(N(C)C(=O)C3CC3)CC2)co1. The number of likely N-dealkylation sites (tertiary alicyclic amines) is 1. The first-order valence-electron chi connectivity index (χ1n) is 7.53. The summed E-state index contributed by atoms with van der Waals surface area (Å²) in [5.74, 6) is 1.41. The molecule has 0 spiro atoms. The molecule has 2 fully saturated rings. The topological polar surface area (TPSA) is 49.6 Å². The average molecular weight is 277 g/mol. The molecule has 0 bridgehead atoms. The first-order valence-corrected chi connectivity index (χ1v) is 7.53. The third-order valence-corrected chi connectivity index (χ3v) is 4.43. The molecule has 20 heavy (non-hydrogen) atoms. The Labute approximate surface area is 119 Å². The van der Waals surface area contributed by atoms with Gasteiger partial charge in [0.05, 0.1) is 5.69 Å². The molecule has 0 aromatic carbocycles. The molecule has 3 rings (SSSR count). The highest BCUT2D eigenvalue weighted by atomic mass is 16.3. The molecule has 1 saturated carbocycles. The fourth-order valence-electron chi connectivity index (χ4n) is 2.97. The molecule has 2 aliphatic rings. The van der Waals surface area contributed by atoms with Gasteiger partial charge >= 0.3 is 0 Å². The van der Waals surface area contributed by atoms with Crippen molar-refractivity contribution < 1.29 is 9.21 Å². The van der Waals surface area contributed by atoms with Gasteiger partial charge in [0.1, 0.15) is 6.26 Å². The van der Waals surface area contributed by atoms with Crippen LogP contribution >= 0.6 is 0 Å². The average Bonchev–Trinajstić information content (AvgIpc) is 3.22. The lowest BCUT2D eigenvalue weighted by atomic mass is 10.0. The van der Waals surface area contributed by atoms with Crippen LogP contribution in [0, 0.1) is 12.8 Å². The van der Waals surface area contributed by atoms with Crippen molar-refractivity contribution in [3.63, 3.8) is 0 Å². The smallest absolute Gasteiger partial charge is 0.225 e. The molecule has 1 amide bonds. The number of aromatic nitrogens is 1. The fraction of sp³-hybridized carbons (Fsp3) is 0.733. The van der Waals surface area contributed by atoms with Gasteiger partial charge in [-0.15, -0.1) is 0 Å². The number of hydrogen-bond acceptors (Lipinski definition) is 4. The number of amides is 1. The van der Waals surface area contributed by atoms with Crippen LogP contribution in [0.4, 0.5) is 0 Å². The molecule has 0 radical (unpaired) electrons. The van der Waals surface area contributed by atoms with E-state index in [1.807, 2.05) is 18.9 Å². The van der Waals surface area contributed by atoms with Crippen molar-refractivity contribution in [3.05, 3.63) is 17.8 Å². The second-order valence-electron chi connectivity index (χ2n) is 6.09. The number of nitrogens with zero attached hydrogens (tertiary/aromatic N) is 3. The van der Waals surface area contributed by atoms with Gasteiger partial charge in [0.25, 0.3) is 0 Å². The van der Waals surface area contributed by atoms with Gasteiger partial charge in [-0.2, -0.15) is 0 Å². The molecule has 0 unspecified atom stereocenters. The van der Waals surface area contributed by atoms with Crippen molar-refractivity contribution >= 4 is 5.91 Å². The summed E-state index contributed by atoms with van der Waals surface area (Å²) in [6.45, 7) is 4.77. The maximum Gasteiger partial charge on any atom is 0.225 e. The Kier molecular flexibility index (Phi) is 3.78. The summed E-state index contributed by atoms with van der Waals surface area (Å²) in [7, 11) is 1.97. The number of carbonyl (C=O) groups excluding carboxylic acids is 1. The van der Waals surface area contributed by atoms with Crippen LogP contribution < -0.4 is 0 Å². The lowest BCUT2D eigenvalue weighted by molar-refractivity contribution is -0.134. The normalized spacial score (nSPS) is 21.1. The van der Waals surface area contributed by atoms with E-state index in [1.54, 1.807) is 6.26 Å². The Morgan fingerprint density at radius 2 is 2.10 bits per heavy atom. The van der Waals surface area contributed by atoms with Gasteiger partial charge in [-0.3, -0.25) is 9.69 Å². The second-order valence-corrected chi connectivity index (χ2v) is 6.09. The number of piperidine rings is 1. The van der Waals surface area contributed by atoms with Crippen molar-refractivity contribution in [2.75, 3.05) is 20.1 Å². The maximum atomic E-state index is 12.1. The molecule has 1 saturated heterocycles. The molecular weight excluding hydrogens is 254 g/mol.